The maximum Gasteiger partial charge on any atom is 0.241 e. The van der Waals surface area contributed by atoms with Gasteiger partial charge >= 0.3 is 0 Å². The molecular formula is C20H18ClN3O. The maximum atomic E-state index is 12.3. The number of amides is 1. The zero-order valence-electron chi connectivity index (χ0n) is 13.5. The van der Waals surface area contributed by atoms with E-state index in [9.17, 15) is 4.79 Å². The molecule has 1 heterocycles. The quantitative estimate of drug-likeness (QED) is 0.732. The summed E-state index contributed by atoms with van der Waals surface area (Å²) in [6.45, 7) is 0. The molecule has 0 fully saturated rings. The summed E-state index contributed by atoms with van der Waals surface area (Å²) in [5.74, 6) is -0.216. The van der Waals surface area contributed by atoms with Gasteiger partial charge in [-0.3, -0.25) is 9.78 Å². The molecule has 0 aliphatic heterocycles. The molecular weight excluding hydrogens is 334 g/mol. The second kappa shape index (κ2) is 7.92. The SMILES string of the molecule is N[C@H](Cc1ccc(Cl)cc1)C(=O)Nc1ccc(-c2ccncc2)cc1. The van der Waals surface area contributed by atoms with Crippen LogP contribution >= 0.6 is 11.6 Å². The Morgan fingerprint density at radius 3 is 2.20 bits per heavy atom. The van der Waals surface area contributed by atoms with Crippen molar-refractivity contribution in [3.8, 4) is 11.1 Å². The summed E-state index contributed by atoms with van der Waals surface area (Å²) in [7, 11) is 0. The molecule has 0 unspecified atom stereocenters. The van der Waals surface area contributed by atoms with E-state index in [1.54, 1.807) is 24.5 Å². The van der Waals surface area contributed by atoms with Crippen LogP contribution in [-0.2, 0) is 11.2 Å². The van der Waals surface area contributed by atoms with Crippen molar-refractivity contribution in [1.82, 2.24) is 4.98 Å². The Kier molecular flexibility index (Phi) is 5.43. The summed E-state index contributed by atoms with van der Waals surface area (Å²) >= 11 is 5.86. The summed E-state index contributed by atoms with van der Waals surface area (Å²) in [5, 5.41) is 3.51. The molecule has 0 saturated heterocycles. The van der Waals surface area contributed by atoms with Gasteiger partial charge < -0.3 is 11.1 Å². The molecule has 1 amide bonds. The zero-order chi connectivity index (χ0) is 17.6. The van der Waals surface area contributed by atoms with Crippen LogP contribution in [-0.4, -0.2) is 16.9 Å². The summed E-state index contributed by atoms with van der Waals surface area (Å²) in [4.78, 5) is 16.3. The highest BCUT2D eigenvalue weighted by molar-refractivity contribution is 6.30. The minimum Gasteiger partial charge on any atom is -0.325 e. The van der Waals surface area contributed by atoms with Crippen molar-refractivity contribution in [2.24, 2.45) is 5.73 Å². The molecule has 5 heteroatoms. The smallest absolute Gasteiger partial charge is 0.241 e. The van der Waals surface area contributed by atoms with E-state index in [0.29, 0.717) is 11.4 Å². The van der Waals surface area contributed by atoms with Crippen LogP contribution in [0.15, 0.2) is 73.1 Å². The highest BCUT2D eigenvalue weighted by Crippen LogP contribution is 2.20. The lowest BCUT2D eigenvalue weighted by molar-refractivity contribution is -0.117. The number of nitrogens with two attached hydrogens (primary N) is 1. The van der Waals surface area contributed by atoms with Crippen LogP contribution < -0.4 is 11.1 Å². The van der Waals surface area contributed by atoms with Crippen LogP contribution in [0.2, 0.25) is 5.02 Å². The molecule has 1 aromatic heterocycles. The third-order valence-corrected chi connectivity index (χ3v) is 4.12. The lowest BCUT2D eigenvalue weighted by atomic mass is 10.1. The van der Waals surface area contributed by atoms with Gasteiger partial charge in [0.25, 0.3) is 0 Å². The van der Waals surface area contributed by atoms with Gasteiger partial charge in [0.1, 0.15) is 0 Å². The number of hydrogen-bond donors (Lipinski definition) is 2. The van der Waals surface area contributed by atoms with Gasteiger partial charge in [-0.1, -0.05) is 35.9 Å². The van der Waals surface area contributed by atoms with E-state index in [-0.39, 0.29) is 5.91 Å². The number of carbonyl (C=O) groups excluding carboxylic acids is 1. The van der Waals surface area contributed by atoms with Gasteiger partial charge in [-0.2, -0.15) is 0 Å². The predicted molar refractivity (Wildman–Crippen MR) is 101 cm³/mol. The zero-order valence-corrected chi connectivity index (χ0v) is 14.3. The first-order valence-electron chi connectivity index (χ1n) is 7.93. The fraction of sp³-hybridized carbons (Fsp3) is 0.100. The normalized spacial score (nSPS) is 11.8. The molecule has 0 radical (unpaired) electrons. The van der Waals surface area contributed by atoms with E-state index in [0.717, 1.165) is 22.4 Å². The van der Waals surface area contributed by atoms with Crippen molar-refractivity contribution in [1.29, 1.82) is 0 Å². The Morgan fingerprint density at radius 1 is 0.960 bits per heavy atom. The number of carbonyl (C=O) groups is 1. The van der Waals surface area contributed by atoms with Gasteiger partial charge in [0.2, 0.25) is 5.91 Å². The number of pyridine rings is 1. The Labute approximate surface area is 151 Å². The number of benzene rings is 2. The Bertz CT molecular complexity index is 833. The lowest BCUT2D eigenvalue weighted by Gasteiger charge is -2.13. The molecule has 3 N–H and O–H groups in total. The molecule has 1 atom stereocenters. The summed E-state index contributed by atoms with van der Waals surface area (Å²) in [6, 6.07) is 18.2. The number of nitrogens with zero attached hydrogens (tertiary/aromatic N) is 1. The van der Waals surface area contributed by atoms with Crippen LogP contribution in [0, 0.1) is 0 Å². The second-order valence-electron chi connectivity index (χ2n) is 5.74. The van der Waals surface area contributed by atoms with E-state index in [4.69, 9.17) is 17.3 Å². The fourth-order valence-electron chi connectivity index (χ4n) is 2.49. The molecule has 25 heavy (non-hydrogen) atoms. The molecule has 3 rings (SSSR count). The molecule has 0 aliphatic carbocycles. The Hall–Kier alpha value is -2.69. The fourth-order valence-corrected chi connectivity index (χ4v) is 2.62. The monoisotopic (exact) mass is 351 g/mol. The number of anilines is 1. The molecule has 0 bridgehead atoms. The summed E-state index contributed by atoms with van der Waals surface area (Å²) < 4.78 is 0. The Balaban J connectivity index is 1.61. The molecule has 0 saturated carbocycles. The standard InChI is InChI=1S/C20H18ClN3O/c21-17-5-1-14(2-6-17)13-19(22)20(25)24-18-7-3-15(4-8-18)16-9-11-23-12-10-16/h1-12,19H,13,22H2,(H,24,25)/t19-/m1/s1. The van der Waals surface area contributed by atoms with Crippen LogP contribution in [0.1, 0.15) is 5.56 Å². The van der Waals surface area contributed by atoms with Crippen LogP contribution in [0.3, 0.4) is 0 Å². The number of nitrogens with one attached hydrogen (secondary N) is 1. The van der Waals surface area contributed by atoms with Crippen molar-refractivity contribution in [2.75, 3.05) is 5.32 Å². The average Bonchev–Trinajstić information content (AvgIpc) is 2.65. The van der Waals surface area contributed by atoms with Gasteiger partial charge in [0, 0.05) is 23.1 Å². The topological polar surface area (TPSA) is 68.0 Å². The molecule has 4 nitrogen and oxygen atoms in total. The van der Waals surface area contributed by atoms with Gasteiger partial charge in [-0.15, -0.1) is 0 Å². The van der Waals surface area contributed by atoms with Crippen molar-refractivity contribution in [2.45, 2.75) is 12.5 Å². The third kappa shape index (κ3) is 4.66. The van der Waals surface area contributed by atoms with E-state index in [1.807, 2.05) is 48.5 Å². The number of aromatic nitrogens is 1. The Morgan fingerprint density at radius 2 is 1.56 bits per heavy atom. The highest BCUT2D eigenvalue weighted by Gasteiger charge is 2.14. The van der Waals surface area contributed by atoms with E-state index >= 15 is 0 Å². The third-order valence-electron chi connectivity index (χ3n) is 3.87. The van der Waals surface area contributed by atoms with Crippen LogP contribution in [0.4, 0.5) is 5.69 Å². The molecule has 0 aliphatic rings. The second-order valence-corrected chi connectivity index (χ2v) is 6.18. The van der Waals surface area contributed by atoms with Gasteiger partial charge in [-0.25, -0.2) is 0 Å². The van der Waals surface area contributed by atoms with Crippen molar-refractivity contribution < 1.29 is 4.79 Å². The van der Waals surface area contributed by atoms with E-state index < -0.39 is 6.04 Å². The average molecular weight is 352 g/mol. The van der Waals surface area contributed by atoms with Crippen molar-refractivity contribution >= 4 is 23.2 Å². The summed E-state index contributed by atoms with van der Waals surface area (Å²) in [5.41, 5.74) is 9.83. The maximum absolute atomic E-state index is 12.3. The van der Waals surface area contributed by atoms with Gasteiger partial charge in [-0.05, 0) is 59.5 Å². The van der Waals surface area contributed by atoms with E-state index in [2.05, 4.69) is 10.3 Å². The van der Waals surface area contributed by atoms with E-state index in [1.165, 1.54) is 0 Å². The highest BCUT2D eigenvalue weighted by atomic mass is 35.5. The largest absolute Gasteiger partial charge is 0.325 e. The minimum absolute atomic E-state index is 0.216. The summed E-state index contributed by atoms with van der Waals surface area (Å²) in [6.07, 6.45) is 3.96. The van der Waals surface area contributed by atoms with Crippen molar-refractivity contribution in [3.05, 3.63) is 83.6 Å². The molecule has 0 spiro atoms. The molecule has 2 aromatic carbocycles. The first-order valence-corrected chi connectivity index (χ1v) is 8.31. The first-order chi connectivity index (χ1) is 12.1. The van der Waals surface area contributed by atoms with Gasteiger partial charge in [0.05, 0.1) is 6.04 Å². The van der Waals surface area contributed by atoms with Crippen LogP contribution in [0.25, 0.3) is 11.1 Å². The minimum atomic E-state index is -0.624. The number of rotatable bonds is 5. The van der Waals surface area contributed by atoms with Gasteiger partial charge in [0.15, 0.2) is 0 Å². The predicted octanol–water partition coefficient (Wildman–Crippen LogP) is 3.91. The number of halogens is 1. The first kappa shape index (κ1) is 17.1. The lowest BCUT2D eigenvalue weighted by Crippen LogP contribution is -2.37. The number of hydrogen-bond acceptors (Lipinski definition) is 3. The van der Waals surface area contributed by atoms with Crippen molar-refractivity contribution in [3.63, 3.8) is 0 Å². The molecule has 126 valence electrons. The molecule has 3 aromatic rings. The van der Waals surface area contributed by atoms with Crippen LogP contribution in [0.5, 0.6) is 0 Å².